The zero-order valence-corrected chi connectivity index (χ0v) is 11.0. The number of nitrogens with two attached hydrogens (primary N) is 1. The van der Waals surface area contributed by atoms with Gasteiger partial charge in [0.15, 0.2) is 0 Å². The van der Waals surface area contributed by atoms with Gasteiger partial charge < -0.3 is 15.5 Å². The molecule has 0 aromatic rings. The molecule has 1 aliphatic carbocycles. The number of hydrogen-bond acceptors (Lipinski definition) is 3. The lowest BCUT2D eigenvalue weighted by molar-refractivity contribution is -0.134. The molecule has 0 spiro atoms. The molecule has 1 saturated carbocycles. The Morgan fingerprint density at radius 3 is 2.25 bits per heavy atom. The van der Waals surface area contributed by atoms with Crippen molar-refractivity contribution in [1.82, 2.24) is 9.80 Å². The van der Waals surface area contributed by atoms with Crippen LogP contribution in [0.5, 0.6) is 0 Å². The van der Waals surface area contributed by atoms with Gasteiger partial charge in [-0.2, -0.15) is 0 Å². The molecule has 0 aromatic carbocycles. The number of amides is 1. The summed E-state index contributed by atoms with van der Waals surface area (Å²) < 4.78 is 0. The minimum atomic E-state index is -0.343. The second kappa shape index (κ2) is 5.15. The lowest BCUT2D eigenvalue weighted by Crippen LogP contribution is -2.58. The minimum Gasteiger partial charge on any atom is -0.343 e. The quantitative estimate of drug-likeness (QED) is 0.751. The maximum absolute atomic E-state index is 11.9. The summed E-state index contributed by atoms with van der Waals surface area (Å²) in [5.41, 5.74) is 5.96. The molecule has 1 fully saturated rings. The lowest BCUT2D eigenvalue weighted by atomic mass is 9.75. The standard InChI is InChI=1S/C12H25N3O/c1-5-10(13)11(16)15(4)9-12(14(2)3)7-6-8-12/h10H,5-9,13H2,1-4H3/t10-/m1/s1. The number of carbonyl (C=O) groups excluding carboxylic acids is 1. The molecule has 2 N–H and O–H groups in total. The van der Waals surface area contributed by atoms with Crippen LogP contribution in [0.2, 0.25) is 0 Å². The minimum absolute atomic E-state index is 0.0654. The highest BCUT2D eigenvalue weighted by atomic mass is 16.2. The number of nitrogens with zero attached hydrogens (tertiary/aromatic N) is 2. The maximum Gasteiger partial charge on any atom is 0.239 e. The number of rotatable bonds is 5. The van der Waals surface area contributed by atoms with Gasteiger partial charge in [-0.15, -0.1) is 0 Å². The van der Waals surface area contributed by atoms with E-state index >= 15 is 0 Å². The Bertz CT molecular complexity index is 249. The molecule has 1 aliphatic rings. The van der Waals surface area contributed by atoms with Crippen molar-refractivity contribution >= 4 is 5.91 Å². The molecule has 1 rings (SSSR count). The summed E-state index contributed by atoms with van der Waals surface area (Å²) in [7, 11) is 6.05. The van der Waals surface area contributed by atoms with Crippen LogP contribution in [0, 0.1) is 0 Å². The number of likely N-dealkylation sites (N-methyl/N-ethyl adjacent to an activating group) is 2. The van der Waals surface area contributed by atoms with Crippen LogP contribution in [0.4, 0.5) is 0 Å². The van der Waals surface area contributed by atoms with Gasteiger partial charge in [-0.3, -0.25) is 4.79 Å². The van der Waals surface area contributed by atoms with Crippen LogP contribution in [0.15, 0.2) is 0 Å². The summed E-state index contributed by atoms with van der Waals surface area (Å²) in [5.74, 6) is 0.0654. The molecule has 4 heteroatoms. The number of carbonyl (C=O) groups is 1. The van der Waals surface area contributed by atoms with Crippen molar-refractivity contribution in [3.63, 3.8) is 0 Å². The molecule has 0 bridgehead atoms. The first-order valence-electron chi connectivity index (χ1n) is 6.11. The van der Waals surface area contributed by atoms with Crippen LogP contribution >= 0.6 is 0 Å². The van der Waals surface area contributed by atoms with Gasteiger partial charge in [0.1, 0.15) is 0 Å². The molecule has 16 heavy (non-hydrogen) atoms. The normalized spacial score (nSPS) is 20.4. The lowest BCUT2D eigenvalue weighted by Gasteiger charge is -2.49. The number of hydrogen-bond donors (Lipinski definition) is 1. The Kier molecular flexibility index (Phi) is 4.33. The van der Waals surface area contributed by atoms with Gasteiger partial charge in [-0.1, -0.05) is 6.92 Å². The average molecular weight is 227 g/mol. The summed E-state index contributed by atoms with van der Waals surface area (Å²) in [6.07, 6.45) is 4.33. The third kappa shape index (κ3) is 2.55. The van der Waals surface area contributed by atoms with E-state index in [1.165, 1.54) is 19.3 Å². The molecule has 0 radical (unpaired) electrons. The van der Waals surface area contributed by atoms with E-state index in [0.29, 0.717) is 6.42 Å². The Morgan fingerprint density at radius 2 is 1.94 bits per heavy atom. The van der Waals surface area contributed by atoms with E-state index in [9.17, 15) is 4.79 Å². The molecule has 0 heterocycles. The van der Waals surface area contributed by atoms with E-state index in [0.717, 1.165) is 6.54 Å². The van der Waals surface area contributed by atoms with Crippen molar-refractivity contribution in [2.75, 3.05) is 27.7 Å². The van der Waals surface area contributed by atoms with Crippen molar-refractivity contribution in [2.24, 2.45) is 5.73 Å². The van der Waals surface area contributed by atoms with E-state index in [2.05, 4.69) is 19.0 Å². The van der Waals surface area contributed by atoms with E-state index < -0.39 is 0 Å². The molecule has 0 aliphatic heterocycles. The summed E-state index contributed by atoms with van der Waals surface area (Å²) >= 11 is 0. The topological polar surface area (TPSA) is 49.6 Å². The van der Waals surface area contributed by atoms with Crippen LogP contribution in [0.1, 0.15) is 32.6 Å². The first kappa shape index (κ1) is 13.5. The smallest absolute Gasteiger partial charge is 0.239 e. The fraction of sp³-hybridized carbons (Fsp3) is 0.917. The third-order valence-corrected chi connectivity index (χ3v) is 3.90. The molecule has 0 unspecified atom stereocenters. The molecular weight excluding hydrogens is 202 g/mol. The van der Waals surface area contributed by atoms with Gasteiger partial charge in [0.2, 0.25) is 5.91 Å². The first-order chi connectivity index (χ1) is 7.43. The predicted octanol–water partition coefficient (Wildman–Crippen LogP) is 0.666. The summed E-state index contributed by atoms with van der Waals surface area (Å²) in [6, 6.07) is -0.343. The Hall–Kier alpha value is -0.610. The fourth-order valence-corrected chi connectivity index (χ4v) is 2.31. The van der Waals surface area contributed by atoms with E-state index in [1.54, 1.807) is 4.90 Å². The second-order valence-corrected chi connectivity index (χ2v) is 5.18. The van der Waals surface area contributed by atoms with Gasteiger partial charge in [-0.05, 0) is 39.8 Å². The maximum atomic E-state index is 11.9. The average Bonchev–Trinajstić information content (AvgIpc) is 2.20. The third-order valence-electron chi connectivity index (χ3n) is 3.90. The Morgan fingerprint density at radius 1 is 1.38 bits per heavy atom. The van der Waals surface area contributed by atoms with Crippen molar-refractivity contribution in [2.45, 2.75) is 44.2 Å². The molecule has 4 nitrogen and oxygen atoms in total. The Balaban J connectivity index is 2.56. The van der Waals surface area contributed by atoms with Gasteiger partial charge in [0, 0.05) is 19.1 Å². The van der Waals surface area contributed by atoms with Crippen molar-refractivity contribution in [3.8, 4) is 0 Å². The Labute approximate surface area is 98.8 Å². The highest BCUT2D eigenvalue weighted by Gasteiger charge is 2.40. The monoisotopic (exact) mass is 227 g/mol. The molecular formula is C12H25N3O. The van der Waals surface area contributed by atoms with E-state index in [-0.39, 0.29) is 17.5 Å². The second-order valence-electron chi connectivity index (χ2n) is 5.18. The largest absolute Gasteiger partial charge is 0.343 e. The van der Waals surface area contributed by atoms with Gasteiger partial charge >= 0.3 is 0 Å². The van der Waals surface area contributed by atoms with Crippen molar-refractivity contribution in [1.29, 1.82) is 0 Å². The van der Waals surface area contributed by atoms with Crippen LogP contribution in [-0.4, -0.2) is 55.0 Å². The van der Waals surface area contributed by atoms with Crippen molar-refractivity contribution in [3.05, 3.63) is 0 Å². The zero-order valence-electron chi connectivity index (χ0n) is 11.0. The summed E-state index contributed by atoms with van der Waals surface area (Å²) in [4.78, 5) is 15.9. The molecule has 1 atom stereocenters. The highest BCUT2D eigenvalue weighted by molar-refractivity contribution is 5.81. The van der Waals surface area contributed by atoms with Gasteiger partial charge in [0.25, 0.3) is 0 Å². The predicted molar refractivity (Wildman–Crippen MR) is 66.2 cm³/mol. The van der Waals surface area contributed by atoms with Crippen LogP contribution in [0.3, 0.4) is 0 Å². The van der Waals surface area contributed by atoms with Gasteiger partial charge in [0.05, 0.1) is 6.04 Å². The highest BCUT2D eigenvalue weighted by Crippen LogP contribution is 2.36. The summed E-state index contributed by atoms with van der Waals surface area (Å²) in [6.45, 7) is 2.74. The van der Waals surface area contributed by atoms with Crippen LogP contribution in [0.25, 0.3) is 0 Å². The molecule has 94 valence electrons. The fourth-order valence-electron chi connectivity index (χ4n) is 2.31. The van der Waals surface area contributed by atoms with Crippen LogP contribution in [-0.2, 0) is 4.79 Å². The summed E-state index contributed by atoms with van der Waals surface area (Å²) in [5, 5.41) is 0. The van der Waals surface area contributed by atoms with Crippen LogP contribution < -0.4 is 5.73 Å². The molecule has 0 aromatic heterocycles. The first-order valence-corrected chi connectivity index (χ1v) is 6.11. The van der Waals surface area contributed by atoms with E-state index in [4.69, 9.17) is 5.73 Å². The SMILES string of the molecule is CC[C@@H](N)C(=O)N(C)CC1(N(C)C)CCC1. The zero-order chi connectivity index (χ0) is 12.3. The van der Waals surface area contributed by atoms with E-state index in [1.807, 2.05) is 14.0 Å². The molecule has 0 saturated heterocycles. The molecule has 1 amide bonds. The van der Waals surface area contributed by atoms with Crippen molar-refractivity contribution < 1.29 is 4.79 Å². The van der Waals surface area contributed by atoms with Gasteiger partial charge in [-0.25, -0.2) is 0 Å².